The molecule has 114 valence electrons. The highest BCUT2D eigenvalue weighted by atomic mass is 32.2. The molecule has 0 aliphatic rings. The van der Waals surface area contributed by atoms with Crippen LogP contribution >= 0.6 is 11.8 Å². The largest absolute Gasteiger partial charge is 0.366 e. The number of thioether (sulfide) groups is 1. The Morgan fingerprint density at radius 2 is 1.73 bits per heavy atom. The Bertz CT molecular complexity index is 690. The molecule has 0 saturated carbocycles. The summed E-state index contributed by atoms with van der Waals surface area (Å²) in [5.41, 5.74) is 6.19. The Morgan fingerprint density at radius 3 is 2.32 bits per heavy atom. The molecule has 0 aliphatic heterocycles. The van der Waals surface area contributed by atoms with E-state index in [-0.39, 0.29) is 5.56 Å². The van der Waals surface area contributed by atoms with Crippen LogP contribution in [0.25, 0.3) is 0 Å². The average molecular weight is 322 g/mol. The summed E-state index contributed by atoms with van der Waals surface area (Å²) in [6.45, 7) is 0. The maximum Gasteiger partial charge on any atom is 0.288 e. The van der Waals surface area contributed by atoms with Crippen molar-refractivity contribution in [3.05, 3.63) is 59.7 Å². The second-order valence-corrected chi connectivity index (χ2v) is 5.37. The molecular formula is C15H12F2N2O2S. The molecule has 0 aromatic heterocycles. The van der Waals surface area contributed by atoms with Crippen LogP contribution in [0, 0.1) is 0 Å². The average Bonchev–Trinajstić information content (AvgIpc) is 2.47. The van der Waals surface area contributed by atoms with Crippen LogP contribution in [0.15, 0.2) is 53.4 Å². The zero-order chi connectivity index (χ0) is 16.1. The lowest BCUT2D eigenvalue weighted by Crippen LogP contribution is -2.14. The van der Waals surface area contributed by atoms with Gasteiger partial charge in [0.2, 0.25) is 5.91 Å². The topological polar surface area (TPSA) is 72.2 Å². The Balaban J connectivity index is 2.08. The maximum atomic E-state index is 12.2. The van der Waals surface area contributed by atoms with Crippen molar-refractivity contribution in [1.82, 2.24) is 0 Å². The number of alkyl halides is 2. The van der Waals surface area contributed by atoms with Crippen molar-refractivity contribution in [2.75, 3.05) is 5.32 Å². The Labute approximate surface area is 129 Å². The number of hydrogen-bond acceptors (Lipinski definition) is 3. The number of halogens is 2. The van der Waals surface area contributed by atoms with Gasteiger partial charge in [-0.2, -0.15) is 8.78 Å². The van der Waals surface area contributed by atoms with Gasteiger partial charge in [0.25, 0.3) is 11.7 Å². The summed E-state index contributed by atoms with van der Waals surface area (Å²) in [7, 11) is 0. The minimum Gasteiger partial charge on any atom is -0.366 e. The van der Waals surface area contributed by atoms with E-state index in [9.17, 15) is 18.4 Å². The fraction of sp³-hybridized carbons (Fsp3) is 0.0667. The first-order chi connectivity index (χ1) is 10.5. The van der Waals surface area contributed by atoms with Crippen LogP contribution in [0.5, 0.6) is 0 Å². The smallest absolute Gasteiger partial charge is 0.288 e. The predicted molar refractivity (Wildman–Crippen MR) is 81.2 cm³/mol. The maximum absolute atomic E-state index is 12.2. The van der Waals surface area contributed by atoms with E-state index in [1.54, 1.807) is 12.1 Å². The lowest BCUT2D eigenvalue weighted by Gasteiger charge is -2.07. The van der Waals surface area contributed by atoms with Gasteiger partial charge in [-0.05, 0) is 42.5 Å². The van der Waals surface area contributed by atoms with Crippen molar-refractivity contribution in [3.8, 4) is 0 Å². The number of rotatable bonds is 5. The molecule has 22 heavy (non-hydrogen) atoms. The van der Waals surface area contributed by atoms with Gasteiger partial charge in [-0.25, -0.2) is 0 Å². The summed E-state index contributed by atoms with van der Waals surface area (Å²) < 4.78 is 24.4. The highest BCUT2D eigenvalue weighted by Gasteiger charge is 2.09. The molecule has 0 bridgehead atoms. The lowest BCUT2D eigenvalue weighted by atomic mass is 10.1. The van der Waals surface area contributed by atoms with Gasteiger partial charge in [0.15, 0.2) is 0 Å². The molecule has 2 rings (SSSR count). The molecule has 2 aromatic rings. The number of carbonyl (C=O) groups is 2. The van der Waals surface area contributed by atoms with E-state index >= 15 is 0 Å². The highest BCUT2D eigenvalue weighted by molar-refractivity contribution is 7.99. The first-order valence-corrected chi connectivity index (χ1v) is 7.10. The van der Waals surface area contributed by atoms with Crippen LogP contribution in [0.3, 0.4) is 0 Å². The standard InChI is InChI=1S/C15H12F2N2O2S/c16-15(17)22-12-6-4-9(5-7-12)14(21)19-11-3-1-2-10(8-11)13(18)20/h1-8,15H,(H2,18,20)(H,19,21). The molecule has 4 nitrogen and oxygen atoms in total. The van der Waals surface area contributed by atoms with Crippen molar-refractivity contribution in [2.45, 2.75) is 10.7 Å². The summed E-state index contributed by atoms with van der Waals surface area (Å²) in [4.78, 5) is 23.5. The van der Waals surface area contributed by atoms with E-state index in [0.717, 1.165) is 0 Å². The molecule has 0 heterocycles. The van der Waals surface area contributed by atoms with Gasteiger partial charge in [0.05, 0.1) is 0 Å². The monoisotopic (exact) mass is 322 g/mol. The molecular weight excluding hydrogens is 310 g/mol. The van der Waals surface area contributed by atoms with Crippen molar-refractivity contribution in [1.29, 1.82) is 0 Å². The van der Waals surface area contributed by atoms with Gasteiger partial charge in [-0.3, -0.25) is 9.59 Å². The van der Waals surface area contributed by atoms with Crippen molar-refractivity contribution >= 4 is 29.3 Å². The van der Waals surface area contributed by atoms with Crippen LogP contribution in [0.4, 0.5) is 14.5 Å². The van der Waals surface area contributed by atoms with Gasteiger partial charge in [0.1, 0.15) is 0 Å². The van der Waals surface area contributed by atoms with E-state index in [1.165, 1.54) is 36.4 Å². The zero-order valence-electron chi connectivity index (χ0n) is 11.3. The third-order valence-corrected chi connectivity index (χ3v) is 3.47. The Hall–Kier alpha value is -2.41. The molecule has 0 atom stereocenters. The molecule has 0 saturated heterocycles. The van der Waals surface area contributed by atoms with E-state index in [2.05, 4.69) is 5.32 Å². The second-order valence-electron chi connectivity index (χ2n) is 4.30. The first kappa shape index (κ1) is 16.0. The molecule has 0 unspecified atom stereocenters. The first-order valence-electron chi connectivity index (χ1n) is 6.22. The Morgan fingerprint density at radius 1 is 1.05 bits per heavy atom. The third-order valence-electron chi connectivity index (χ3n) is 2.75. The summed E-state index contributed by atoms with van der Waals surface area (Å²) >= 11 is 0.412. The van der Waals surface area contributed by atoms with Crippen molar-refractivity contribution in [2.24, 2.45) is 5.73 Å². The third kappa shape index (κ3) is 4.29. The van der Waals surface area contributed by atoms with Gasteiger partial charge in [-0.15, -0.1) is 0 Å². The van der Waals surface area contributed by atoms with Crippen LogP contribution in [0.1, 0.15) is 20.7 Å². The molecule has 0 aliphatic carbocycles. The number of carbonyl (C=O) groups excluding carboxylic acids is 2. The number of anilines is 1. The highest BCUT2D eigenvalue weighted by Crippen LogP contribution is 2.25. The molecule has 7 heteroatoms. The van der Waals surface area contributed by atoms with Gasteiger partial charge in [-0.1, -0.05) is 17.8 Å². The van der Waals surface area contributed by atoms with Crippen LogP contribution in [-0.4, -0.2) is 17.6 Å². The minimum atomic E-state index is -2.50. The number of nitrogens with two attached hydrogens (primary N) is 1. The van der Waals surface area contributed by atoms with E-state index < -0.39 is 17.6 Å². The number of nitrogens with one attached hydrogen (secondary N) is 1. The van der Waals surface area contributed by atoms with E-state index in [0.29, 0.717) is 27.9 Å². The number of hydrogen-bond donors (Lipinski definition) is 2. The van der Waals surface area contributed by atoms with Gasteiger partial charge in [0, 0.05) is 21.7 Å². The molecule has 0 spiro atoms. The van der Waals surface area contributed by atoms with Crippen LogP contribution in [-0.2, 0) is 0 Å². The quantitative estimate of drug-likeness (QED) is 0.829. The summed E-state index contributed by atoms with van der Waals surface area (Å²) in [6, 6.07) is 12.0. The molecule has 2 aromatic carbocycles. The summed E-state index contributed by atoms with van der Waals surface area (Å²) in [5, 5.41) is 2.61. The number of amides is 2. The van der Waals surface area contributed by atoms with Gasteiger partial charge >= 0.3 is 0 Å². The summed E-state index contributed by atoms with van der Waals surface area (Å²) in [5.74, 6) is -3.50. The fourth-order valence-corrected chi connectivity index (χ4v) is 2.24. The Kier molecular flexibility index (Phi) is 5.11. The molecule has 2 amide bonds. The minimum absolute atomic E-state index is 0.279. The van der Waals surface area contributed by atoms with E-state index in [4.69, 9.17) is 5.73 Å². The second kappa shape index (κ2) is 7.04. The normalized spacial score (nSPS) is 10.5. The molecule has 0 fully saturated rings. The van der Waals surface area contributed by atoms with Crippen LogP contribution < -0.4 is 11.1 Å². The number of primary amides is 1. The number of benzene rings is 2. The fourth-order valence-electron chi connectivity index (χ4n) is 1.74. The van der Waals surface area contributed by atoms with Gasteiger partial charge < -0.3 is 11.1 Å². The van der Waals surface area contributed by atoms with E-state index in [1.807, 2.05) is 0 Å². The zero-order valence-corrected chi connectivity index (χ0v) is 12.1. The van der Waals surface area contributed by atoms with Crippen LogP contribution in [0.2, 0.25) is 0 Å². The van der Waals surface area contributed by atoms with Crippen molar-refractivity contribution < 1.29 is 18.4 Å². The SMILES string of the molecule is NC(=O)c1cccc(NC(=O)c2ccc(SC(F)F)cc2)c1. The van der Waals surface area contributed by atoms with Crippen molar-refractivity contribution in [3.63, 3.8) is 0 Å². The molecule has 3 N–H and O–H groups in total. The lowest BCUT2D eigenvalue weighted by molar-refractivity contribution is 0.0996. The molecule has 0 radical (unpaired) electrons. The predicted octanol–water partition coefficient (Wildman–Crippen LogP) is 3.35. The summed E-state index contributed by atoms with van der Waals surface area (Å²) in [6.07, 6.45) is 0.